The van der Waals surface area contributed by atoms with E-state index in [0.29, 0.717) is 25.9 Å². The second-order valence-corrected chi connectivity index (χ2v) is 5.16. The largest absolute Gasteiger partial charge is 0.355 e. The van der Waals surface area contributed by atoms with E-state index in [4.69, 9.17) is 0 Å². The van der Waals surface area contributed by atoms with Crippen molar-refractivity contribution in [3.05, 3.63) is 29.6 Å². The fraction of sp³-hybridized carbons (Fsp3) is 0.500. The monoisotopic (exact) mass is 259 g/mol. The van der Waals surface area contributed by atoms with Crippen LogP contribution < -0.4 is 5.32 Å². The first-order valence-corrected chi connectivity index (χ1v) is 6.72. The lowest BCUT2D eigenvalue weighted by Crippen LogP contribution is -2.46. The van der Waals surface area contributed by atoms with Crippen LogP contribution in [-0.2, 0) is 22.6 Å². The third-order valence-corrected chi connectivity index (χ3v) is 3.89. The second kappa shape index (κ2) is 4.99. The van der Waals surface area contributed by atoms with Crippen LogP contribution in [0, 0.1) is 5.92 Å². The molecule has 2 amide bonds. The fourth-order valence-corrected chi connectivity index (χ4v) is 2.76. The van der Waals surface area contributed by atoms with Crippen molar-refractivity contribution in [3.63, 3.8) is 0 Å². The highest BCUT2D eigenvalue weighted by atomic mass is 16.2. The lowest BCUT2D eigenvalue weighted by molar-refractivity contribution is -0.138. The summed E-state index contributed by atoms with van der Waals surface area (Å²) in [5.74, 6) is 0.155. The van der Waals surface area contributed by atoms with Gasteiger partial charge in [-0.2, -0.15) is 0 Å². The smallest absolute Gasteiger partial charge is 0.227 e. The first kappa shape index (κ1) is 12.1. The molecule has 1 aromatic heterocycles. The van der Waals surface area contributed by atoms with E-state index in [9.17, 15) is 9.59 Å². The van der Waals surface area contributed by atoms with Crippen molar-refractivity contribution < 1.29 is 9.59 Å². The number of pyridine rings is 1. The highest BCUT2D eigenvalue weighted by Gasteiger charge is 2.30. The molecule has 5 heteroatoms. The third kappa shape index (κ3) is 2.45. The number of nitrogens with one attached hydrogen (secondary N) is 1. The van der Waals surface area contributed by atoms with Crippen LogP contribution in [-0.4, -0.2) is 34.8 Å². The quantitative estimate of drug-likeness (QED) is 0.798. The Hall–Kier alpha value is -1.91. The zero-order valence-electron chi connectivity index (χ0n) is 10.8. The summed E-state index contributed by atoms with van der Waals surface area (Å²) in [5.41, 5.74) is 2.24. The van der Waals surface area contributed by atoms with Crippen molar-refractivity contribution >= 4 is 11.8 Å². The van der Waals surface area contributed by atoms with Gasteiger partial charge in [0, 0.05) is 44.4 Å². The summed E-state index contributed by atoms with van der Waals surface area (Å²) in [6.45, 7) is 1.85. The molecule has 100 valence electrons. The van der Waals surface area contributed by atoms with Crippen LogP contribution in [0.15, 0.2) is 18.3 Å². The normalized spacial score (nSPS) is 22.6. The first-order chi connectivity index (χ1) is 9.24. The number of carbonyl (C=O) groups excluding carboxylic acids is 2. The average molecular weight is 259 g/mol. The van der Waals surface area contributed by atoms with E-state index in [0.717, 1.165) is 24.2 Å². The maximum Gasteiger partial charge on any atom is 0.227 e. The molecule has 5 nitrogen and oxygen atoms in total. The van der Waals surface area contributed by atoms with Gasteiger partial charge in [-0.1, -0.05) is 6.07 Å². The Morgan fingerprint density at radius 3 is 3.11 bits per heavy atom. The van der Waals surface area contributed by atoms with Crippen LogP contribution >= 0.6 is 0 Å². The highest BCUT2D eigenvalue weighted by molar-refractivity contribution is 5.83. The van der Waals surface area contributed by atoms with Crippen LogP contribution in [0.4, 0.5) is 0 Å². The summed E-state index contributed by atoms with van der Waals surface area (Å²) in [4.78, 5) is 29.8. The Kier molecular flexibility index (Phi) is 3.19. The number of rotatable bonds is 1. The molecule has 0 spiro atoms. The van der Waals surface area contributed by atoms with Crippen LogP contribution in [0.2, 0.25) is 0 Å². The van der Waals surface area contributed by atoms with Gasteiger partial charge in [0.05, 0.1) is 5.92 Å². The van der Waals surface area contributed by atoms with Crippen molar-refractivity contribution in [1.29, 1.82) is 0 Å². The number of amides is 2. The zero-order chi connectivity index (χ0) is 13.2. The van der Waals surface area contributed by atoms with E-state index in [2.05, 4.69) is 10.3 Å². The topological polar surface area (TPSA) is 62.3 Å². The molecule has 0 aliphatic carbocycles. The summed E-state index contributed by atoms with van der Waals surface area (Å²) in [5, 5.41) is 2.77. The van der Waals surface area contributed by atoms with Gasteiger partial charge in [0.15, 0.2) is 0 Å². The molecular formula is C14H17N3O2. The molecule has 0 bridgehead atoms. The Balaban J connectivity index is 1.67. The van der Waals surface area contributed by atoms with Gasteiger partial charge < -0.3 is 10.2 Å². The van der Waals surface area contributed by atoms with Crippen molar-refractivity contribution in [2.45, 2.75) is 25.8 Å². The molecule has 1 saturated heterocycles. The van der Waals surface area contributed by atoms with Gasteiger partial charge in [-0.3, -0.25) is 14.6 Å². The van der Waals surface area contributed by atoms with Gasteiger partial charge in [0.1, 0.15) is 0 Å². The van der Waals surface area contributed by atoms with Crippen molar-refractivity contribution in [3.8, 4) is 0 Å². The molecule has 1 unspecified atom stereocenters. The van der Waals surface area contributed by atoms with Crippen molar-refractivity contribution in [1.82, 2.24) is 15.2 Å². The Labute approximate surface area is 112 Å². The van der Waals surface area contributed by atoms with Gasteiger partial charge >= 0.3 is 0 Å². The lowest BCUT2D eigenvalue weighted by atomic mass is 9.96. The standard InChI is InChI=1S/C14H17N3O2/c18-13-4-3-10(8-16-13)14(19)17-7-5-12-11(9-17)2-1-6-15-12/h1-2,6,10H,3-5,7-9H2,(H,16,18). The summed E-state index contributed by atoms with van der Waals surface area (Å²) in [6, 6.07) is 3.94. The number of hydrogen-bond acceptors (Lipinski definition) is 3. The number of carbonyl (C=O) groups is 2. The number of aromatic nitrogens is 1. The SMILES string of the molecule is O=C1CCC(C(=O)N2CCc3ncccc3C2)CN1. The van der Waals surface area contributed by atoms with Gasteiger partial charge in [0.25, 0.3) is 0 Å². The molecule has 3 rings (SSSR count). The number of nitrogens with zero attached hydrogens (tertiary/aromatic N) is 2. The maximum absolute atomic E-state index is 12.4. The minimum atomic E-state index is -0.0593. The van der Waals surface area contributed by atoms with E-state index >= 15 is 0 Å². The number of fused-ring (bicyclic) bond motifs is 1. The molecule has 1 aromatic rings. The molecule has 3 heterocycles. The van der Waals surface area contributed by atoms with Crippen molar-refractivity contribution in [2.24, 2.45) is 5.92 Å². The third-order valence-electron chi connectivity index (χ3n) is 3.89. The predicted octanol–water partition coefficient (Wildman–Crippen LogP) is 0.492. The van der Waals surface area contributed by atoms with E-state index in [1.165, 1.54) is 0 Å². The fourth-order valence-electron chi connectivity index (χ4n) is 2.76. The molecule has 0 radical (unpaired) electrons. The summed E-state index contributed by atoms with van der Waals surface area (Å²) in [6.07, 6.45) is 3.75. The van der Waals surface area contributed by atoms with Crippen molar-refractivity contribution in [2.75, 3.05) is 13.1 Å². The Morgan fingerprint density at radius 1 is 1.42 bits per heavy atom. The molecule has 2 aliphatic heterocycles. The highest BCUT2D eigenvalue weighted by Crippen LogP contribution is 2.21. The van der Waals surface area contributed by atoms with Crippen LogP contribution in [0.25, 0.3) is 0 Å². The van der Waals surface area contributed by atoms with Crippen LogP contribution in [0.1, 0.15) is 24.1 Å². The van der Waals surface area contributed by atoms with Crippen LogP contribution in [0.5, 0.6) is 0 Å². The lowest BCUT2D eigenvalue weighted by Gasteiger charge is -2.32. The molecule has 2 aliphatic rings. The predicted molar refractivity (Wildman–Crippen MR) is 69.1 cm³/mol. The zero-order valence-corrected chi connectivity index (χ0v) is 10.8. The number of hydrogen-bond donors (Lipinski definition) is 1. The Morgan fingerprint density at radius 2 is 2.32 bits per heavy atom. The maximum atomic E-state index is 12.4. The van der Waals surface area contributed by atoms with E-state index in [-0.39, 0.29) is 17.7 Å². The molecule has 19 heavy (non-hydrogen) atoms. The van der Waals surface area contributed by atoms with Gasteiger partial charge in [-0.15, -0.1) is 0 Å². The van der Waals surface area contributed by atoms with E-state index in [1.54, 1.807) is 6.20 Å². The average Bonchev–Trinajstić information content (AvgIpc) is 2.47. The number of piperidine rings is 1. The molecule has 1 N–H and O–H groups in total. The van der Waals surface area contributed by atoms with Crippen LogP contribution in [0.3, 0.4) is 0 Å². The molecule has 0 saturated carbocycles. The van der Waals surface area contributed by atoms with E-state index < -0.39 is 0 Å². The summed E-state index contributed by atoms with van der Waals surface area (Å²) < 4.78 is 0. The van der Waals surface area contributed by atoms with Gasteiger partial charge in [-0.05, 0) is 18.1 Å². The minimum Gasteiger partial charge on any atom is -0.355 e. The molecule has 1 fully saturated rings. The summed E-state index contributed by atoms with van der Waals surface area (Å²) >= 11 is 0. The second-order valence-electron chi connectivity index (χ2n) is 5.16. The summed E-state index contributed by atoms with van der Waals surface area (Å²) in [7, 11) is 0. The molecular weight excluding hydrogens is 242 g/mol. The van der Waals surface area contributed by atoms with Gasteiger partial charge in [0.2, 0.25) is 11.8 Å². The molecule has 0 aromatic carbocycles. The Bertz CT molecular complexity index is 505. The minimum absolute atomic E-state index is 0.0530. The molecule has 1 atom stereocenters. The first-order valence-electron chi connectivity index (χ1n) is 6.72. The van der Waals surface area contributed by atoms with Gasteiger partial charge in [-0.25, -0.2) is 0 Å². The van der Waals surface area contributed by atoms with E-state index in [1.807, 2.05) is 17.0 Å².